The van der Waals surface area contributed by atoms with Crippen molar-refractivity contribution in [1.29, 1.82) is 0 Å². The number of ether oxygens (including phenoxy) is 1. The zero-order valence-electron chi connectivity index (χ0n) is 11.2. The molecule has 4 nitrogen and oxygen atoms in total. The number of hydrogen-bond acceptors (Lipinski definition) is 3. The molecule has 5 heteroatoms. The topological polar surface area (TPSA) is 50.4 Å². The molecule has 0 aliphatic carbocycles. The van der Waals surface area contributed by atoms with Crippen LogP contribution < -0.4 is 15.4 Å². The van der Waals surface area contributed by atoms with Crippen molar-refractivity contribution in [3.05, 3.63) is 53.1 Å². The van der Waals surface area contributed by atoms with Gasteiger partial charge in [0, 0.05) is 17.8 Å². The second-order valence-electron chi connectivity index (χ2n) is 4.12. The van der Waals surface area contributed by atoms with Crippen LogP contribution in [0.5, 0.6) is 5.75 Å². The predicted molar refractivity (Wildman–Crippen MR) is 81.1 cm³/mol. The molecule has 20 heavy (non-hydrogen) atoms. The number of carbonyl (C=O) groups excluding carboxylic acids is 1. The van der Waals surface area contributed by atoms with Gasteiger partial charge >= 0.3 is 0 Å². The molecule has 0 fully saturated rings. The molecule has 2 aromatic carbocycles. The zero-order valence-corrected chi connectivity index (χ0v) is 12.0. The number of nitrogens with one attached hydrogen (secondary N) is 2. The van der Waals surface area contributed by atoms with Gasteiger partial charge in [-0.2, -0.15) is 0 Å². The second kappa shape index (κ2) is 6.30. The maximum atomic E-state index is 11.8. The minimum Gasteiger partial charge on any atom is -0.497 e. The average molecular weight is 291 g/mol. The lowest BCUT2D eigenvalue weighted by Gasteiger charge is -2.12. The predicted octanol–water partition coefficient (Wildman–Crippen LogP) is 3.45. The van der Waals surface area contributed by atoms with Gasteiger partial charge in [0.25, 0.3) is 5.91 Å². The van der Waals surface area contributed by atoms with E-state index in [9.17, 15) is 4.79 Å². The Kier molecular flexibility index (Phi) is 4.48. The molecule has 1 amide bonds. The van der Waals surface area contributed by atoms with E-state index >= 15 is 0 Å². The molecule has 0 radical (unpaired) electrons. The molecule has 2 N–H and O–H groups in total. The number of hydrogen-bond donors (Lipinski definition) is 2. The quantitative estimate of drug-likeness (QED) is 0.907. The molecule has 0 unspecified atom stereocenters. The first-order valence-electron chi connectivity index (χ1n) is 6.06. The summed E-state index contributed by atoms with van der Waals surface area (Å²) < 4.78 is 5.10. The molecule has 104 valence electrons. The van der Waals surface area contributed by atoms with Gasteiger partial charge in [0.1, 0.15) is 5.75 Å². The molecule has 2 aromatic rings. The maximum absolute atomic E-state index is 11.8. The number of methoxy groups -OCH3 is 1. The van der Waals surface area contributed by atoms with Crippen LogP contribution >= 0.6 is 11.6 Å². The number of carbonyl (C=O) groups is 1. The van der Waals surface area contributed by atoms with Gasteiger partial charge in [-0.3, -0.25) is 4.79 Å². The SMILES string of the molecule is CNC(=O)c1ccc(Cl)cc1Nc1ccc(OC)cc1. The first-order valence-corrected chi connectivity index (χ1v) is 6.44. The first kappa shape index (κ1) is 14.2. The van der Waals surface area contributed by atoms with Crippen LogP contribution in [0, 0.1) is 0 Å². The van der Waals surface area contributed by atoms with E-state index in [2.05, 4.69) is 10.6 Å². The van der Waals surface area contributed by atoms with E-state index in [1.165, 1.54) is 0 Å². The van der Waals surface area contributed by atoms with Crippen LogP contribution in [-0.2, 0) is 0 Å². The van der Waals surface area contributed by atoms with Crippen molar-refractivity contribution >= 4 is 28.9 Å². The number of amides is 1. The van der Waals surface area contributed by atoms with Gasteiger partial charge in [0.05, 0.1) is 18.4 Å². The third-order valence-electron chi connectivity index (χ3n) is 2.82. The number of rotatable bonds is 4. The van der Waals surface area contributed by atoms with Crippen molar-refractivity contribution in [2.24, 2.45) is 0 Å². The Balaban J connectivity index is 2.31. The van der Waals surface area contributed by atoms with Crippen LogP contribution in [0.15, 0.2) is 42.5 Å². The third kappa shape index (κ3) is 3.22. The van der Waals surface area contributed by atoms with Gasteiger partial charge < -0.3 is 15.4 Å². The highest BCUT2D eigenvalue weighted by Crippen LogP contribution is 2.26. The summed E-state index contributed by atoms with van der Waals surface area (Å²) in [6, 6.07) is 12.5. The molecule has 0 saturated heterocycles. The fraction of sp³-hybridized carbons (Fsp3) is 0.133. The van der Waals surface area contributed by atoms with Crippen LogP contribution in [-0.4, -0.2) is 20.1 Å². The molecule has 0 bridgehead atoms. The molecule has 0 heterocycles. The van der Waals surface area contributed by atoms with Gasteiger partial charge in [-0.25, -0.2) is 0 Å². The molecular formula is C15H15ClN2O2. The van der Waals surface area contributed by atoms with Crippen molar-refractivity contribution in [2.45, 2.75) is 0 Å². The highest BCUT2D eigenvalue weighted by Gasteiger charge is 2.10. The van der Waals surface area contributed by atoms with Crippen LogP contribution in [0.1, 0.15) is 10.4 Å². The van der Waals surface area contributed by atoms with Gasteiger partial charge in [0.2, 0.25) is 0 Å². The first-order chi connectivity index (χ1) is 9.63. The van der Waals surface area contributed by atoms with Crippen molar-refractivity contribution in [3.8, 4) is 5.75 Å². The number of anilines is 2. The Morgan fingerprint density at radius 2 is 1.85 bits per heavy atom. The summed E-state index contributed by atoms with van der Waals surface area (Å²) in [5, 5.41) is 6.35. The van der Waals surface area contributed by atoms with Gasteiger partial charge in [-0.05, 0) is 42.5 Å². The van der Waals surface area contributed by atoms with E-state index < -0.39 is 0 Å². The van der Waals surface area contributed by atoms with E-state index in [4.69, 9.17) is 16.3 Å². The second-order valence-corrected chi connectivity index (χ2v) is 4.56. The summed E-state index contributed by atoms with van der Waals surface area (Å²) in [4.78, 5) is 11.8. The lowest BCUT2D eigenvalue weighted by atomic mass is 10.1. The molecule has 0 aromatic heterocycles. The van der Waals surface area contributed by atoms with E-state index in [0.717, 1.165) is 11.4 Å². The molecule has 2 rings (SSSR count). The van der Waals surface area contributed by atoms with Crippen molar-refractivity contribution in [2.75, 3.05) is 19.5 Å². The van der Waals surface area contributed by atoms with Crippen molar-refractivity contribution in [3.63, 3.8) is 0 Å². The van der Waals surface area contributed by atoms with Crippen LogP contribution in [0.4, 0.5) is 11.4 Å². The summed E-state index contributed by atoms with van der Waals surface area (Å²) in [5.41, 5.74) is 2.04. The smallest absolute Gasteiger partial charge is 0.253 e. The minimum absolute atomic E-state index is 0.169. The minimum atomic E-state index is -0.169. The van der Waals surface area contributed by atoms with E-state index in [0.29, 0.717) is 16.3 Å². The summed E-state index contributed by atoms with van der Waals surface area (Å²) in [7, 11) is 3.21. The standard InChI is InChI=1S/C15H15ClN2O2/c1-17-15(19)13-8-3-10(16)9-14(13)18-11-4-6-12(20-2)7-5-11/h3-9,18H,1-2H3,(H,17,19). The van der Waals surface area contributed by atoms with E-state index in [1.807, 2.05) is 24.3 Å². The van der Waals surface area contributed by atoms with Gasteiger partial charge in [-0.1, -0.05) is 11.6 Å². The fourth-order valence-electron chi connectivity index (χ4n) is 1.78. The van der Waals surface area contributed by atoms with Crippen molar-refractivity contribution < 1.29 is 9.53 Å². The average Bonchev–Trinajstić information content (AvgIpc) is 2.47. The highest BCUT2D eigenvalue weighted by atomic mass is 35.5. The Bertz CT molecular complexity index is 612. The molecule has 0 saturated carbocycles. The lowest BCUT2D eigenvalue weighted by Crippen LogP contribution is -2.19. The third-order valence-corrected chi connectivity index (χ3v) is 3.06. The fourth-order valence-corrected chi connectivity index (χ4v) is 1.95. The normalized spacial score (nSPS) is 9.95. The Morgan fingerprint density at radius 3 is 2.45 bits per heavy atom. The van der Waals surface area contributed by atoms with Crippen LogP contribution in [0.3, 0.4) is 0 Å². The Hall–Kier alpha value is -2.20. The Morgan fingerprint density at radius 1 is 1.15 bits per heavy atom. The molecular weight excluding hydrogens is 276 g/mol. The van der Waals surface area contributed by atoms with Gasteiger partial charge in [-0.15, -0.1) is 0 Å². The largest absolute Gasteiger partial charge is 0.497 e. The molecule has 0 aliphatic rings. The Labute approximate surface area is 122 Å². The summed E-state index contributed by atoms with van der Waals surface area (Å²) in [6.07, 6.45) is 0. The van der Waals surface area contributed by atoms with Crippen LogP contribution in [0.2, 0.25) is 5.02 Å². The summed E-state index contributed by atoms with van der Waals surface area (Å²) in [5.74, 6) is 0.603. The monoisotopic (exact) mass is 290 g/mol. The van der Waals surface area contributed by atoms with E-state index in [-0.39, 0.29) is 5.91 Å². The molecule has 0 spiro atoms. The number of halogens is 1. The maximum Gasteiger partial charge on any atom is 0.253 e. The van der Waals surface area contributed by atoms with Gasteiger partial charge in [0.15, 0.2) is 0 Å². The lowest BCUT2D eigenvalue weighted by molar-refractivity contribution is 0.0964. The molecule has 0 atom stereocenters. The van der Waals surface area contributed by atoms with Crippen molar-refractivity contribution in [1.82, 2.24) is 5.32 Å². The van der Waals surface area contributed by atoms with E-state index in [1.54, 1.807) is 32.4 Å². The summed E-state index contributed by atoms with van der Waals surface area (Å²) >= 11 is 5.99. The van der Waals surface area contributed by atoms with Crippen LogP contribution in [0.25, 0.3) is 0 Å². The highest BCUT2D eigenvalue weighted by molar-refractivity contribution is 6.31. The zero-order chi connectivity index (χ0) is 14.5. The molecule has 0 aliphatic heterocycles. The summed E-state index contributed by atoms with van der Waals surface area (Å²) in [6.45, 7) is 0. The number of benzene rings is 2.